The summed E-state index contributed by atoms with van der Waals surface area (Å²) in [6, 6.07) is 12.6. The van der Waals surface area contributed by atoms with Crippen molar-refractivity contribution >= 4 is 34.3 Å². The summed E-state index contributed by atoms with van der Waals surface area (Å²) in [5.41, 5.74) is 5.04. The summed E-state index contributed by atoms with van der Waals surface area (Å²) < 4.78 is 0. The largest absolute Gasteiger partial charge is 0.235 e. The van der Waals surface area contributed by atoms with Gasteiger partial charge in [0.2, 0.25) is 0 Å². The van der Waals surface area contributed by atoms with Gasteiger partial charge in [0, 0.05) is 15.8 Å². The summed E-state index contributed by atoms with van der Waals surface area (Å²) in [6.07, 6.45) is 1.93. The van der Waals surface area contributed by atoms with E-state index < -0.39 is 0 Å². The Kier molecular flexibility index (Phi) is 4.19. The quantitative estimate of drug-likeness (QED) is 0.592. The Morgan fingerprint density at radius 1 is 1.14 bits per heavy atom. The van der Waals surface area contributed by atoms with Gasteiger partial charge in [-0.3, -0.25) is 0 Å². The molecule has 0 unspecified atom stereocenters. The zero-order valence-electron chi connectivity index (χ0n) is 12.3. The number of hydrogen-bond donors (Lipinski definition) is 0. The van der Waals surface area contributed by atoms with E-state index >= 15 is 0 Å². The highest BCUT2D eigenvalue weighted by Crippen LogP contribution is 2.29. The minimum atomic E-state index is 0.619. The Bertz CT molecular complexity index is 861. The molecule has 108 valence electrons. The molecule has 0 radical (unpaired) electrons. The highest BCUT2D eigenvalue weighted by atomic mass is 32.1. The third kappa shape index (κ3) is 3.01. The molecule has 2 nitrogen and oxygen atoms in total. The molecule has 0 fully saturated rings. The van der Waals surface area contributed by atoms with Gasteiger partial charge in [-0.25, -0.2) is 4.98 Å². The molecule has 0 atom stereocenters. The number of aromatic nitrogens is 1. The van der Waals surface area contributed by atoms with Crippen molar-refractivity contribution in [3.63, 3.8) is 0 Å². The Hall–Kier alpha value is -2.22. The SMILES string of the molecule is Cc1ccc(-c2csc(/C(C#N)=C/c3sccc3C)n2)cc1. The van der Waals surface area contributed by atoms with Crippen LogP contribution in [0.2, 0.25) is 0 Å². The van der Waals surface area contributed by atoms with Crippen LogP contribution < -0.4 is 0 Å². The van der Waals surface area contributed by atoms with Gasteiger partial charge in [0.25, 0.3) is 0 Å². The maximum absolute atomic E-state index is 9.44. The van der Waals surface area contributed by atoms with Gasteiger partial charge in [-0.2, -0.15) is 5.26 Å². The summed E-state index contributed by atoms with van der Waals surface area (Å²) >= 11 is 3.15. The second-order valence-corrected chi connectivity index (χ2v) is 6.85. The Morgan fingerprint density at radius 2 is 1.91 bits per heavy atom. The van der Waals surface area contributed by atoms with E-state index in [9.17, 15) is 5.26 Å². The first-order chi connectivity index (χ1) is 10.7. The van der Waals surface area contributed by atoms with E-state index in [1.54, 1.807) is 11.3 Å². The maximum Gasteiger partial charge on any atom is 0.134 e. The van der Waals surface area contributed by atoms with Gasteiger partial charge >= 0.3 is 0 Å². The Balaban J connectivity index is 1.95. The van der Waals surface area contributed by atoms with Crippen molar-refractivity contribution in [1.29, 1.82) is 5.26 Å². The molecule has 0 saturated carbocycles. The highest BCUT2D eigenvalue weighted by Gasteiger charge is 2.10. The second kappa shape index (κ2) is 6.27. The van der Waals surface area contributed by atoms with Gasteiger partial charge in [0.05, 0.1) is 11.3 Å². The van der Waals surface area contributed by atoms with Crippen LogP contribution in [0.1, 0.15) is 21.0 Å². The number of allylic oxidation sites excluding steroid dienone is 1. The molecule has 4 heteroatoms. The van der Waals surface area contributed by atoms with Gasteiger partial charge in [0.1, 0.15) is 11.1 Å². The van der Waals surface area contributed by atoms with Gasteiger partial charge in [0.15, 0.2) is 0 Å². The molecule has 3 aromatic rings. The van der Waals surface area contributed by atoms with Crippen molar-refractivity contribution in [3.05, 3.63) is 62.1 Å². The Labute approximate surface area is 138 Å². The van der Waals surface area contributed by atoms with Crippen LogP contribution in [-0.2, 0) is 0 Å². The summed E-state index contributed by atoms with van der Waals surface area (Å²) in [4.78, 5) is 5.74. The fourth-order valence-corrected chi connectivity index (χ4v) is 3.71. The van der Waals surface area contributed by atoms with Crippen molar-refractivity contribution in [1.82, 2.24) is 4.98 Å². The number of nitriles is 1. The second-order valence-electron chi connectivity index (χ2n) is 5.04. The zero-order chi connectivity index (χ0) is 15.5. The van der Waals surface area contributed by atoms with E-state index in [-0.39, 0.29) is 0 Å². The molecule has 0 saturated heterocycles. The third-order valence-corrected chi connectivity index (χ3v) is 5.22. The van der Waals surface area contributed by atoms with E-state index in [0.717, 1.165) is 21.1 Å². The number of thiazole rings is 1. The Morgan fingerprint density at radius 3 is 2.55 bits per heavy atom. The van der Waals surface area contributed by atoms with Crippen LogP contribution in [0.15, 0.2) is 41.1 Å². The molecule has 0 spiro atoms. The summed E-state index contributed by atoms with van der Waals surface area (Å²) in [7, 11) is 0. The number of aryl methyl sites for hydroxylation is 2. The van der Waals surface area contributed by atoms with Crippen LogP contribution in [-0.4, -0.2) is 4.98 Å². The normalized spacial score (nSPS) is 11.4. The summed E-state index contributed by atoms with van der Waals surface area (Å²) in [5, 5.41) is 14.3. The molecule has 0 aliphatic carbocycles. The topological polar surface area (TPSA) is 36.7 Å². The molecular formula is C18H14N2S2. The number of benzene rings is 1. The van der Waals surface area contributed by atoms with Crippen molar-refractivity contribution in [2.45, 2.75) is 13.8 Å². The molecule has 22 heavy (non-hydrogen) atoms. The first kappa shape index (κ1) is 14.7. The maximum atomic E-state index is 9.44. The summed E-state index contributed by atoms with van der Waals surface area (Å²) in [5.74, 6) is 0. The highest BCUT2D eigenvalue weighted by molar-refractivity contribution is 7.12. The lowest BCUT2D eigenvalue weighted by atomic mass is 10.1. The molecule has 0 aliphatic heterocycles. The first-order valence-corrected chi connectivity index (χ1v) is 8.62. The number of rotatable bonds is 3. The van der Waals surface area contributed by atoms with Crippen molar-refractivity contribution in [2.75, 3.05) is 0 Å². The summed E-state index contributed by atoms with van der Waals surface area (Å²) in [6.45, 7) is 4.12. The van der Waals surface area contributed by atoms with E-state index in [4.69, 9.17) is 0 Å². The average Bonchev–Trinajstić information content (AvgIpc) is 3.15. The van der Waals surface area contributed by atoms with Gasteiger partial charge in [-0.1, -0.05) is 29.8 Å². The van der Waals surface area contributed by atoms with Gasteiger partial charge in [-0.15, -0.1) is 22.7 Å². The van der Waals surface area contributed by atoms with Gasteiger partial charge in [-0.05, 0) is 36.9 Å². The standard InChI is InChI=1S/C18H14N2S2/c1-12-3-5-14(6-4-12)16-11-22-18(20-16)15(10-19)9-17-13(2)7-8-21-17/h3-9,11H,1-2H3/b15-9+. The van der Waals surface area contributed by atoms with Crippen LogP contribution in [0.4, 0.5) is 0 Å². The smallest absolute Gasteiger partial charge is 0.134 e. The van der Waals surface area contributed by atoms with Crippen LogP contribution in [0.5, 0.6) is 0 Å². The minimum Gasteiger partial charge on any atom is -0.235 e. The predicted octanol–water partition coefficient (Wildman–Crippen LogP) is 5.55. The average molecular weight is 322 g/mol. The fourth-order valence-electron chi connectivity index (χ4n) is 2.06. The van der Waals surface area contributed by atoms with Crippen LogP contribution in [0, 0.1) is 25.2 Å². The van der Waals surface area contributed by atoms with Crippen LogP contribution in [0.3, 0.4) is 0 Å². The lowest BCUT2D eigenvalue weighted by Crippen LogP contribution is -1.83. The molecule has 0 bridgehead atoms. The lowest BCUT2D eigenvalue weighted by Gasteiger charge is -1.97. The predicted molar refractivity (Wildman–Crippen MR) is 94.8 cm³/mol. The van der Waals surface area contributed by atoms with E-state index in [1.807, 2.05) is 16.8 Å². The lowest BCUT2D eigenvalue weighted by molar-refractivity contribution is 1.36. The van der Waals surface area contributed by atoms with E-state index in [2.05, 4.69) is 55.2 Å². The van der Waals surface area contributed by atoms with Crippen molar-refractivity contribution in [2.24, 2.45) is 0 Å². The third-order valence-electron chi connectivity index (χ3n) is 3.38. The van der Waals surface area contributed by atoms with E-state index in [0.29, 0.717) is 5.57 Å². The number of thiophene rings is 1. The van der Waals surface area contributed by atoms with Crippen molar-refractivity contribution in [3.8, 4) is 17.3 Å². The number of nitrogens with zero attached hydrogens (tertiary/aromatic N) is 2. The van der Waals surface area contributed by atoms with Gasteiger partial charge < -0.3 is 0 Å². The molecule has 0 N–H and O–H groups in total. The first-order valence-electron chi connectivity index (χ1n) is 6.86. The number of hydrogen-bond acceptors (Lipinski definition) is 4. The molecule has 1 aromatic carbocycles. The van der Waals surface area contributed by atoms with Crippen molar-refractivity contribution < 1.29 is 0 Å². The van der Waals surface area contributed by atoms with Crippen LogP contribution >= 0.6 is 22.7 Å². The van der Waals surface area contributed by atoms with Crippen LogP contribution in [0.25, 0.3) is 22.9 Å². The molecule has 0 aliphatic rings. The monoisotopic (exact) mass is 322 g/mol. The molecular weight excluding hydrogens is 308 g/mol. The van der Waals surface area contributed by atoms with E-state index in [1.165, 1.54) is 22.5 Å². The molecule has 3 rings (SSSR count). The molecule has 0 amide bonds. The zero-order valence-corrected chi connectivity index (χ0v) is 14.0. The minimum absolute atomic E-state index is 0.619. The fraction of sp³-hybridized carbons (Fsp3) is 0.111. The molecule has 2 aromatic heterocycles. The molecule has 2 heterocycles.